The van der Waals surface area contributed by atoms with Crippen LogP contribution < -0.4 is 0 Å². The molecule has 0 spiro atoms. The lowest BCUT2D eigenvalue weighted by atomic mass is 10.0. The van der Waals surface area contributed by atoms with Gasteiger partial charge in [-0.15, -0.1) is 0 Å². The summed E-state index contributed by atoms with van der Waals surface area (Å²) in [5.41, 5.74) is 0. The third-order valence-electron chi connectivity index (χ3n) is 5.28. The first kappa shape index (κ1) is 27.8. The molecule has 0 radical (unpaired) electrons. The van der Waals surface area contributed by atoms with Crippen LogP contribution in [0.3, 0.4) is 0 Å². The van der Waals surface area contributed by atoms with Crippen LogP contribution in [0.4, 0.5) is 0 Å². The highest BCUT2D eigenvalue weighted by molar-refractivity contribution is 4.55. The van der Waals surface area contributed by atoms with Crippen LogP contribution in [0, 0.1) is 0 Å². The predicted molar refractivity (Wildman–Crippen MR) is 119 cm³/mol. The van der Waals surface area contributed by atoms with Gasteiger partial charge < -0.3 is 19.7 Å². The van der Waals surface area contributed by atoms with E-state index in [1.165, 1.54) is 96.3 Å². The van der Waals surface area contributed by atoms with E-state index in [1.54, 1.807) is 6.92 Å². The second-order valence-electron chi connectivity index (χ2n) is 8.36. The van der Waals surface area contributed by atoms with Crippen molar-refractivity contribution in [3.05, 3.63) is 0 Å². The summed E-state index contributed by atoms with van der Waals surface area (Å²) < 4.78 is 10.7. The Labute approximate surface area is 175 Å². The Morgan fingerprint density at radius 1 is 0.643 bits per heavy atom. The molecule has 0 bridgehead atoms. The summed E-state index contributed by atoms with van der Waals surface area (Å²) in [7, 11) is 0. The van der Waals surface area contributed by atoms with E-state index in [9.17, 15) is 5.11 Å². The van der Waals surface area contributed by atoms with E-state index in [2.05, 4.69) is 6.92 Å². The minimum atomic E-state index is -0.602. The van der Waals surface area contributed by atoms with Crippen molar-refractivity contribution < 1.29 is 19.7 Å². The van der Waals surface area contributed by atoms with Gasteiger partial charge >= 0.3 is 0 Å². The van der Waals surface area contributed by atoms with Gasteiger partial charge in [-0.2, -0.15) is 0 Å². The first-order valence-corrected chi connectivity index (χ1v) is 12.2. The Hall–Kier alpha value is -0.160. The molecule has 2 atom stereocenters. The van der Waals surface area contributed by atoms with Gasteiger partial charge in [0, 0.05) is 6.61 Å². The van der Waals surface area contributed by atoms with E-state index in [0.717, 1.165) is 6.42 Å². The molecule has 2 N–H and O–H groups in total. The van der Waals surface area contributed by atoms with Crippen molar-refractivity contribution >= 4 is 0 Å². The van der Waals surface area contributed by atoms with E-state index in [1.807, 2.05) is 0 Å². The first-order valence-electron chi connectivity index (χ1n) is 12.2. The van der Waals surface area contributed by atoms with Crippen LogP contribution in [-0.2, 0) is 9.47 Å². The van der Waals surface area contributed by atoms with E-state index >= 15 is 0 Å². The number of unbranched alkanes of at least 4 members (excludes halogenated alkanes) is 15. The van der Waals surface area contributed by atoms with E-state index in [0.29, 0.717) is 13.2 Å². The van der Waals surface area contributed by atoms with Gasteiger partial charge in [0.2, 0.25) is 0 Å². The largest absolute Gasteiger partial charge is 0.394 e. The van der Waals surface area contributed by atoms with Crippen LogP contribution in [0.2, 0.25) is 0 Å². The molecular weight excluding hydrogens is 352 g/mol. The minimum absolute atomic E-state index is 0.0211. The minimum Gasteiger partial charge on any atom is -0.394 e. The maximum absolute atomic E-state index is 9.70. The molecule has 0 aromatic carbocycles. The standard InChI is InChI=1S/C24H50O4/c1-3-4-5-6-7-8-9-10-11-12-13-14-15-16-17-18-19-27-21-24(26)22-28-23(2)20-25/h23-26H,3-22H2,1-2H3. The molecule has 0 aliphatic carbocycles. The molecule has 0 aliphatic heterocycles. The third kappa shape index (κ3) is 22.1. The molecular formula is C24H50O4. The zero-order valence-corrected chi connectivity index (χ0v) is 19.0. The Bertz CT molecular complexity index is 286. The van der Waals surface area contributed by atoms with Crippen molar-refractivity contribution in [1.29, 1.82) is 0 Å². The van der Waals surface area contributed by atoms with E-state index in [-0.39, 0.29) is 19.3 Å². The molecule has 0 amide bonds. The van der Waals surface area contributed by atoms with Gasteiger partial charge in [-0.1, -0.05) is 103 Å². The number of hydrogen-bond acceptors (Lipinski definition) is 4. The van der Waals surface area contributed by atoms with Crippen LogP contribution in [0.1, 0.15) is 117 Å². The lowest BCUT2D eigenvalue weighted by Gasteiger charge is -2.14. The van der Waals surface area contributed by atoms with Crippen LogP contribution in [0.15, 0.2) is 0 Å². The molecule has 0 heterocycles. The van der Waals surface area contributed by atoms with Gasteiger partial charge in [0.1, 0.15) is 6.10 Å². The second-order valence-corrected chi connectivity index (χ2v) is 8.36. The van der Waals surface area contributed by atoms with Crippen molar-refractivity contribution in [2.75, 3.05) is 26.4 Å². The quantitative estimate of drug-likeness (QED) is 0.205. The molecule has 0 saturated heterocycles. The Morgan fingerprint density at radius 2 is 1.07 bits per heavy atom. The maximum atomic E-state index is 9.70. The number of ether oxygens (including phenoxy) is 2. The highest BCUT2D eigenvalue weighted by atomic mass is 16.5. The van der Waals surface area contributed by atoms with Crippen LogP contribution in [0.5, 0.6) is 0 Å². The lowest BCUT2D eigenvalue weighted by molar-refractivity contribution is -0.0521. The molecule has 170 valence electrons. The molecule has 4 nitrogen and oxygen atoms in total. The summed E-state index contributed by atoms with van der Waals surface area (Å²) in [6.07, 6.45) is 21.1. The Morgan fingerprint density at radius 3 is 1.50 bits per heavy atom. The van der Waals surface area contributed by atoms with Crippen molar-refractivity contribution in [2.45, 2.75) is 129 Å². The van der Waals surface area contributed by atoms with E-state index in [4.69, 9.17) is 14.6 Å². The van der Waals surface area contributed by atoms with Gasteiger partial charge in [-0.3, -0.25) is 0 Å². The van der Waals surface area contributed by atoms with Crippen LogP contribution in [-0.4, -0.2) is 48.8 Å². The zero-order chi connectivity index (χ0) is 20.7. The first-order chi connectivity index (χ1) is 13.7. The fraction of sp³-hybridized carbons (Fsp3) is 1.00. The maximum Gasteiger partial charge on any atom is 0.101 e. The normalized spacial score (nSPS) is 13.7. The van der Waals surface area contributed by atoms with Gasteiger partial charge in [0.25, 0.3) is 0 Å². The Kier molecular flexibility index (Phi) is 23.0. The molecule has 0 rings (SSSR count). The number of aliphatic hydroxyl groups is 2. The predicted octanol–water partition coefficient (Wildman–Crippen LogP) is 6.02. The van der Waals surface area contributed by atoms with Crippen molar-refractivity contribution in [1.82, 2.24) is 0 Å². The molecule has 2 unspecified atom stereocenters. The summed E-state index contributed by atoms with van der Waals surface area (Å²) in [6, 6.07) is 0. The molecule has 0 aliphatic rings. The third-order valence-corrected chi connectivity index (χ3v) is 5.28. The van der Waals surface area contributed by atoms with Crippen molar-refractivity contribution in [3.8, 4) is 0 Å². The highest BCUT2D eigenvalue weighted by Crippen LogP contribution is 2.13. The second kappa shape index (κ2) is 23.1. The van der Waals surface area contributed by atoms with Crippen molar-refractivity contribution in [2.24, 2.45) is 0 Å². The van der Waals surface area contributed by atoms with Gasteiger partial charge in [0.15, 0.2) is 0 Å². The SMILES string of the molecule is CCCCCCCCCCCCCCCCCCOCC(O)COC(C)CO. The zero-order valence-electron chi connectivity index (χ0n) is 19.0. The summed E-state index contributed by atoms with van der Waals surface area (Å²) in [4.78, 5) is 0. The van der Waals surface area contributed by atoms with Gasteiger partial charge in [-0.25, -0.2) is 0 Å². The fourth-order valence-corrected chi connectivity index (χ4v) is 3.35. The summed E-state index contributed by atoms with van der Waals surface area (Å²) in [6.45, 7) is 5.29. The lowest BCUT2D eigenvalue weighted by Crippen LogP contribution is -2.26. The molecule has 28 heavy (non-hydrogen) atoms. The summed E-state index contributed by atoms with van der Waals surface area (Å²) in [5.74, 6) is 0. The van der Waals surface area contributed by atoms with Gasteiger partial charge in [0.05, 0.1) is 25.9 Å². The fourth-order valence-electron chi connectivity index (χ4n) is 3.35. The molecule has 0 fully saturated rings. The number of rotatable bonds is 23. The van der Waals surface area contributed by atoms with Gasteiger partial charge in [-0.05, 0) is 13.3 Å². The summed E-state index contributed by atoms with van der Waals surface area (Å²) >= 11 is 0. The smallest absolute Gasteiger partial charge is 0.101 e. The summed E-state index contributed by atoms with van der Waals surface area (Å²) in [5, 5.41) is 18.5. The van der Waals surface area contributed by atoms with Crippen LogP contribution >= 0.6 is 0 Å². The molecule has 0 aromatic heterocycles. The average molecular weight is 403 g/mol. The molecule has 0 saturated carbocycles. The molecule has 4 heteroatoms. The number of hydrogen-bond donors (Lipinski definition) is 2. The van der Waals surface area contributed by atoms with E-state index < -0.39 is 6.10 Å². The highest BCUT2D eigenvalue weighted by Gasteiger charge is 2.07. The number of aliphatic hydroxyl groups excluding tert-OH is 2. The monoisotopic (exact) mass is 402 g/mol. The average Bonchev–Trinajstić information content (AvgIpc) is 2.71. The molecule has 0 aromatic rings. The topological polar surface area (TPSA) is 58.9 Å². The van der Waals surface area contributed by atoms with Crippen molar-refractivity contribution in [3.63, 3.8) is 0 Å². The Balaban J connectivity index is 3.10. The van der Waals surface area contributed by atoms with Crippen LogP contribution in [0.25, 0.3) is 0 Å².